The lowest BCUT2D eigenvalue weighted by atomic mass is 10.1. The van der Waals surface area contributed by atoms with Crippen molar-refractivity contribution in [2.24, 2.45) is 4.40 Å². The molecule has 0 atom stereocenters. The number of halogens is 3. The second-order valence-corrected chi connectivity index (χ2v) is 8.77. The van der Waals surface area contributed by atoms with Crippen LogP contribution < -0.4 is 14.8 Å². The molecule has 3 rings (SSSR count). The first-order valence-electron chi connectivity index (χ1n) is 9.81. The third-order valence-corrected chi connectivity index (χ3v) is 6.18. The molecule has 9 nitrogen and oxygen atoms in total. The van der Waals surface area contributed by atoms with Gasteiger partial charge in [-0.2, -0.15) is 21.6 Å². The van der Waals surface area contributed by atoms with Crippen molar-refractivity contribution in [1.29, 1.82) is 0 Å². The number of anilines is 1. The van der Waals surface area contributed by atoms with Gasteiger partial charge >= 0.3 is 16.4 Å². The van der Waals surface area contributed by atoms with E-state index in [0.717, 1.165) is 22.5 Å². The second-order valence-electron chi connectivity index (χ2n) is 7.30. The van der Waals surface area contributed by atoms with Crippen molar-refractivity contribution in [2.75, 3.05) is 19.5 Å². The molecular weight excluding hydrogens is 477 g/mol. The fourth-order valence-electron chi connectivity index (χ4n) is 3.20. The Kier molecular flexibility index (Phi) is 6.87. The lowest BCUT2D eigenvalue weighted by molar-refractivity contribution is -0.141. The van der Waals surface area contributed by atoms with Crippen molar-refractivity contribution in [3.05, 3.63) is 59.4 Å². The van der Waals surface area contributed by atoms with E-state index in [2.05, 4.69) is 14.7 Å². The Morgan fingerprint density at radius 1 is 1.09 bits per heavy atom. The number of benzene rings is 1. The number of pyridine rings is 1. The zero-order chi connectivity index (χ0) is 25.3. The van der Waals surface area contributed by atoms with Gasteiger partial charge in [-0.25, -0.2) is 9.29 Å². The SMILES string of the molecule is COc1ccc(C2=NS(=O)(=O)N(C(C)C)C(C(=O)Nc3cccc(C(F)(F)F)n3)=C2)cc1OC. The molecule has 1 aliphatic rings. The van der Waals surface area contributed by atoms with Gasteiger partial charge in [0.2, 0.25) is 0 Å². The van der Waals surface area contributed by atoms with Gasteiger partial charge in [0.1, 0.15) is 17.2 Å². The first-order chi connectivity index (χ1) is 15.9. The van der Waals surface area contributed by atoms with Crippen LogP contribution in [0.5, 0.6) is 11.5 Å². The monoisotopic (exact) mass is 498 g/mol. The van der Waals surface area contributed by atoms with E-state index in [0.29, 0.717) is 17.1 Å². The maximum Gasteiger partial charge on any atom is 0.433 e. The maximum atomic E-state index is 13.0. The van der Waals surface area contributed by atoms with E-state index in [-0.39, 0.29) is 11.4 Å². The fourth-order valence-corrected chi connectivity index (χ4v) is 4.61. The first kappa shape index (κ1) is 25.0. The molecule has 34 heavy (non-hydrogen) atoms. The summed E-state index contributed by atoms with van der Waals surface area (Å²) in [7, 11) is -1.52. The number of nitrogens with one attached hydrogen (secondary N) is 1. The van der Waals surface area contributed by atoms with Crippen molar-refractivity contribution in [3.63, 3.8) is 0 Å². The van der Waals surface area contributed by atoms with Gasteiger partial charge in [0, 0.05) is 11.6 Å². The van der Waals surface area contributed by atoms with Crippen LogP contribution in [0.2, 0.25) is 0 Å². The quantitative estimate of drug-likeness (QED) is 0.654. The number of rotatable bonds is 6. The minimum Gasteiger partial charge on any atom is -0.493 e. The third-order valence-electron chi connectivity index (χ3n) is 4.64. The highest BCUT2D eigenvalue weighted by Crippen LogP contribution is 2.31. The molecule has 0 unspecified atom stereocenters. The maximum absolute atomic E-state index is 13.0. The molecule has 182 valence electrons. The number of hydrogen-bond donors (Lipinski definition) is 1. The zero-order valence-electron chi connectivity index (χ0n) is 18.5. The van der Waals surface area contributed by atoms with Gasteiger partial charge in [0.25, 0.3) is 5.91 Å². The molecule has 0 saturated carbocycles. The van der Waals surface area contributed by atoms with Crippen molar-refractivity contribution < 1.29 is 35.9 Å². The van der Waals surface area contributed by atoms with E-state index in [9.17, 15) is 26.4 Å². The van der Waals surface area contributed by atoms with Crippen LogP contribution in [-0.2, 0) is 21.2 Å². The Balaban J connectivity index is 2.05. The molecule has 1 aliphatic heterocycles. The van der Waals surface area contributed by atoms with Gasteiger partial charge < -0.3 is 14.8 Å². The molecule has 0 radical (unpaired) electrons. The number of alkyl halides is 3. The van der Waals surface area contributed by atoms with Gasteiger partial charge in [-0.3, -0.25) is 4.79 Å². The summed E-state index contributed by atoms with van der Waals surface area (Å²) < 4.78 is 79.8. The van der Waals surface area contributed by atoms with E-state index < -0.39 is 39.8 Å². The van der Waals surface area contributed by atoms with Crippen LogP contribution in [0.4, 0.5) is 19.0 Å². The first-order valence-corrected chi connectivity index (χ1v) is 11.2. The van der Waals surface area contributed by atoms with Crippen LogP contribution in [0.3, 0.4) is 0 Å². The third kappa shape index (κ3) is 5.14. The predicted octanol–water partition coefficient (Wildman–Crippen LogP) is 3.40. The Labute approximate surface area is 194 Å². The molecule has 1 N–H and O–H groups in total. The van der Waals surface area contributed by atoms with Crippen molar-refractivity contribution in [3.8, 4) is 11.5 Å². The summed E-state index contributed by atoms with van der Waals surface area (Å²) in [6.45, 7) is 3.05. The summed E-state index contributed by atoms with van der Waals surface area (Å²) in [6.07, 6.45) is -3.49. The molecule has 0 fully saturated rings. The van der Waals surface area contributed by atoms with E-state index in [1.807, 2.05) is 0 Å². The van der Waals surface area contributed by atoms with Crippen molar-refractivity contribution in [1.82, 2.24) is 9.29 Å². The van der Waals surface area contributed by atoms with E-state index in [1.165, 1.54) is 52.3 Å². The molecule has 0 saturated heterocycles. The van der Waals surface area contributed by atoms with Crippen LogP contribution >= 0.6 is 0 Å². The standard InChI is InChI=1S/C21H21F3N4O5S/c1-12(2)28-15(20(29)26-19-7-5-6-18(25-19)21(22,23)24)11-14(27-34(28,30)31)13-8-9-16(32-3)17(10-13)33-4/h5-12H,1-4H3,(H,25,26,29). The molecule has 13 heteroatoms. The number of aromatic nitrogens is 1. The second kappa shape index (κ2) is 9.33. The molecule has 2 heterocycles. The van der Waals surface area contributed by atoms with Gasteiger partial charge in [0.15, 0.2) is 11.5 Å². The molecule has 1 aromatic carbocycles. The van der Waals surface area contributed by atoms with Crippen LogP contribution in [0.15, 0.2) is 52.6 Å². The smallest absolute Gasteiger partial charge is 0.433 e. The normalized spacial score (nSPS) is 15.5. The van der Waals surface area contributed by atoms with Crippen LogP contribution in [0, 0.1) is 0 Å². The molecule has 0 spiro atoms. The highest BCUT2D eigenvalue weighted by Gasteiger charge is 2.36. The average molecular weight is 498 g/mol. The number of allylic oxidation sites excluding steroid dienone is 1. The summed E-state index contributed by atoms with van der Waals surface area (Å²) in [4.78, 5) is 16.4. The summed E-state index contributed by atoms with van der Waals surface area (Å²) in [6, 6.07) is 6.83. The summed E-state index contributed by atoms with van der Waals surface area (Å²) in [5, 5.41) is 2.24. The van der Waals surface area contributed by atoms with Gasteiger partial charge in [-0.15, -0.1) is 4.40 Å². The minimum atomic E-state index is -4.72. The van der Waals surface area contributed by atoms with Crippen molar-refractivity contribution >= 4 is 27.6 Å². The predicted molar refractivity (Wildman–Crippen MR) is 118 cm³/mol. The fraction of sp³-hybridized carbons (Fsp3) is 0.286. The van der Waals surface area contributed by atoms with Gasteiger partial charge in [-0.1, -0.05) is 6.07 Å². The molecule has 0 bridgehead atoms. The number of ether oxygens (including phenoxy) is 2. The number of methoxy groups -OCH3 is 2. The summed E-state index contributed by atoms with van der Waals surface area (Å²) >= 11 is 0. The minimum absolute atomic E-state index is 0.0694. The highest BCUT2D eigenvalue weighted by molar-refractivity contribution is 7.88. The van der Waals surface area contributed by atoms with E-state index in [4.69, 9.17) is 9.47 Å². The summed E-state index contributed by atoms with van der Waals surface area (Å²) in [5.41, 5.74) is -1.30. The number of amides is 1. The lowest BCUT2D eigenvalue weighted by Gasteiger charge is -2.30. The Bertz CT molecular complexity index is 1270. The van der Waals surface area contributed by atoms with Crippen LogP contribution in [0.25, 0.3) is 0 Å². The number of nitrogens with zero attached hydrogens (tertiary/aromatic N) is 3. The highest BCUT2D eigenvalue weighted by atomic mass is 32.2. The van der Waals surface area contributed by atoms with Crippen LogP contribution in [0.1, 0.15) is 25.1 Å². The van der Waals surface area contributed by atoms with E-state index in [1.54, 1.807) is 0 Å². The Morgan fingerprint density at radius 2 is 1.76 bits per heavy atom. The van der Waals surface area contributed by atoms with Gasteiger partial charge in [0.05, 0.1) is 19.9 Å². The molecule has 0 aliphatic carbocycles. The molecule has 1 aromatic heterocycles. The average Bonchev–Trinajstić information content (AvgIpc) is 2.76. The largest absolute Gasteiger partial charge is 0.493 e. The molecule has 2 aromatic rings. The van der Waals surface area contributed by atoms with Crippen molar-refractivity contribution in [2.45, 2.75) is 26.1 Å². The lowest BCUT2D eigenvalue weighted by Crippen LogP contribution is -2.42. The number of hydrogen-bond acceptors (Lipinski definition) is 6. The topological polar surface area (TPSA) is 110 Å². The van der Waals surface area contributed by atoms with Crippen LogP contribution in [-0.4, -0.2) is 49.6 Å². The van der Waals surface area contributed by atoms with Gasteiger partial charge in [-0.05, 0) is 50.3 Å². The summed E-state index contributed by atoms with van der Waals surface area (Å²) in [5.74, 6) is -0.667. The molecule has 1 amide bonds. The Hall–Kier alpha value is -3.61. The number of carbonyl (C=O) groups is 1. The van der Waals surface area contributed by atoms with E-state index >= 15 is 0 Å². The number of carbonyl (C=O) groups excluding carboxylic acids is 1. The zero-order valence-corrected chi connectivity index (χ0v) is 19.4. The Morgan fingerprint density at radius 3 is 2.35 bits per heavy atom. The molecular formula is C21H21F3N4O5S.